The van der Waals surface area contributed by atoms with Crippen molar-refractivity contribution < 1.29 is 0 Å². The summed E-state index contributed by atoms with van der Waals surface area (Å²) >= 11 is 1.87. The molecule has 18 heavy (non-hydrogen) atoms. The van der Waals surface area contributed by atoms with Crippen LogP contribution in [-0.2, 0) is 0 Å². The quantitative estimate of drug-likeness (QED) is 0.401. The van der Waals surface area contributed by atoms with Crippen LogP contribution in [0, 0.1) is 0 Å². The SMILES string of the molecule is CSCCCCNc1nc(NN)cn2ccnc12. The number of nitrogens with two attached hydrogens (primary N) is 1. The lowest BCUT2D eigenvalue weighted by Crippen LogP contribution is -2.12. The summed E-state index contributed by atoms with van der Waals surface area (Å²) in [6, 6.07) is 0. The number of unbranched alkanes of at least 4 members (excludes halogenated alkanes) is 1. The zero-order valence-electron chi connectivity index (χ0n) is 10.4. The maximum absolute atomic E-state index is 5.40. The summed E-state index contributed by atoms with van der Waals surface area (Å²) in [5.41, 5.74) is 3.38. The fourth-order valence-electron chi connectivity index (χ4n) is 1.70. The first-order valence-electron chi connectivity index (χ1n) is 5.88. The smallest absolute Gasteiger partial charge is 0.180 e. The van der Waals surface area contributed by atoms with E-state index >= 15 is 0 Å². The number of rotatable bonds is 7. The normalized spacial score (nSPS) is 10.8. The van der Waals surface area contributed by atoms with E-state index in [2.05, 4.69) is 27.0 Å². The standard InChI is InChI=1S/C11H18N6S/c1-18-7-3-2-4-13-10-11-14-5-6-17(11)8-9(15-10)16-12/h5-6,8,16H,2-4,7,12H2,1H3,(H,13,15). The van der Waals surface area contributed by atoms with E-state index in [-0.39, 0.29) is 0 Å². The summed E-state index contributed by atoms with van der Waals surface area (Å²) < 4.78 is 1.90. The summed E-state index contributed by atoms with van der Waals surface area (Å²) in [5, 5.41) is 3.31. The fraction of sp³-hybridized carbons (Fsp3) is 0.455. The molecule has 0 saturated carbocycles. The van der Waals surface area contributed by atoms with Gasteiger partial charge in [-0.2, -0.15) is 11.8 Å². The van der Waals surface area contributed by atoms with Crippen molar-refractivity contribution in [2.45, 2.75) is 12.8 Å². The summed E-state index contributed by atoms with van der Waals surface area (Å²) in [5.74, 6) is 7.97. The van der Waals surface area contributed by atoms with Gasteiger partial charge in [0.25, 0.3) is 0 Å². The Balaban J connectivity index is 2.04. The van der Waals surface area contributed by atoms with E-state index in [1.807, 2.05) is 22.4 Å². The molecule has 2 aromatic heterocycles. The topological polar surface area (TPSA) is 80.3 Å². The molecule has 0 aliphatic heterocycles. The van der Waals surface area contributed by atoms with E-state index in [1.54, 1.807) is 12.4 Å². The van der Waals surface area contributed by atoms with Crippen LogP contribution in [0.15, 0.2) is 18.6 Å². The minimum absolute atomic E-state index is 0.618. The number of thioether (sulfide) groups is 1. The number of nitrogen functional groups attached to an aromatic ring is 1. The van der Waals surface area contributed by atoms with Gasteiger partial charge in [0, 0.05) is 18.9 Å². The van der Waals surface area contributed by atoms with Crippen molar-refractivity contribution in [1.29, 1.82) is 0 Å². The highest BCUT2D eigenvalue weighted by Crippen LogP contribution is 2.15. The van der Waals surface area contributed by atoms with Gasteiger partial charge in [0.2, 0.25) is 0 Å². The third-order valence-electron chi connectivity index (χ3n) is 2.59. The fourth-order valence-corrected chi connectivity index (χ4v) is 2.19. The molecule has 7 heteroatoms. The van der Waals surface area contributed by atoms with Gasteiger partial charge in [0.05, 0.1) is 6.20 Å². The Morgan fingerprint density at radius 3 is 3.11 bits per heavy atom. The van der Waals surface area contributed by atoms with E-state index in [0.29, 0.717) is 5.82 Å². The maximum atomic E-state index is 5.40. The van der Waals surface area contributed by atoms with Crippen molar-refractivity contribution in [2.75, 3.05) is 29.3 Å². The van der Waals surface area contributed by atoms with Crippen LogP contribution >= 0.6 is 11.8 Å². The van der Waals surface area contributed by atoms with Crippen LogP contribution in [0.5, 0.6) is 0 Å². The van der Waals surface area contributed by atoms with Crippen LogP contribution in [0.3, 0.4) is 0 Å². The second-order valence-electron chi connectivity index (χ2n) is 3.90. The Labute approximate surface area is 110 Å². The number of hydrazine groups is 1. The van der Waals surface area contributed by atoms with Crippen molar-refractivity contribution in [3.63, 3.8) is 0 Å². The predicted octanol–water partition coefficient (Wildman–Crippen LogP) is 1.57. The number of anilines is 2. The third-order valence-corrected chi connectivity index (χ3v) is 3.29. The third kappa shape index (κ3) is 3.05. The van der Waals surface area contributed by atoms with Crippen LogP contribution in [0.4, 0.5) is 11.6 Å². The van der Waals surface area contributed by atoms with Gasteiger partial charge in [-0.05, 0) is 24.9 Å². The molecular formula is C11H18N6S. The summed E-state index contributed by atoms with van der Waals surface area (Å²) in [7, 11) is 0. The Hall–Kier alpha value is -1.47. The molecule has 6 nitrogen and oxygen atoms in total. The highest BCUT2D eigenvalue weighted by Gasteiger charge is 2.06. The molecule has 0 aliphatic rings. The lowest BCUT2D eigenvalue weighted by molar-refractivity contribution is 0.839. The number of imidazole rings is 1. The molecule has 98 valence electrons. The Kier molecular flexibility index (Phi) is 4.66. The van der Waals surface area contributed by atoms with Crippen LogP contribution < -0.4 is 16.6 Å². The van der Waals surface area contributed by atoms with Gasteiger partial charge in [0.15, 0.2) is 17.3 Å². The largest absolute Gasteiger partial charge is 0.367 e. The van der Waals surface area contributed by atoms with Gasteiger partial charge in [-0.3, -0.25) is 0 Å². The summed E-state index contributed by atoms with van der Waals surface area (Å²) in [6.45, 7) is 0.893. The molecule has 0 saturated heterocycles. The van der Waals surface area contributed by atoms with Crippen LogP contribution in [0.25, 0.3) is 5.65 Å². The molecule has 0 aliphatic carbocycles. The average molecular weight is 266 g/mol. The van der Waals surface area contributed by atoms with Crippen LogP contribution in [-0.4, -0.2) is 32.9 Å². The Bertz CT molecular complexity index is 497. The molecule has 0 bridgehead atoms. The van der Waals surface area contributed by atoms with E-state index in [4.69, 9.17) is 5.84 Å². The molecule has 2 rings (SSSR count). The zero-order valence-corrected chi connectivity index (χ0v) is 11.2. The molecular weight excluding hydrogens is 248 g/mol. The summed E-state index contributed by atoms with van der Waals surface area (Å²) in [6.07, 6.45) is 9.87. The van der Waals surface area contributed by atoms with Crippen LogP contribution in [0.2, 0.25) is 0 Å². The Morgan fingerprint density at radius 2 is 2.33 bits per heavy atom. The molecule has 0 amide bonds. The highest BCUT2D eigenvalue weighted by molar-refractivity contribution is 7.98. The van der Waals surface area contributed by atoms with Crippen LogP contribution in [0.1, 0.15) is 12.8 Å². The first-order valence-corrected chi connectivity index (χ1v) is 7.27. The van der Waals surface area contributed by atoms with Crippen molar-refractivity contribution in [1.82, 2.24) is 14.4 Å². The van der Waals surface area contributed by atoms with Crippen molar-refractivity contribution in [2.24, 2.45) is 5.84 Å². The molecule has 0 atom stereocenters. The molecule has 0 spiro atoms. The van der Waals surface area contributed by atoms with Gasteiger partial charge in [-0.25, -0.2) is 15.8 Å². The van der Waals surface area contributed by atoms with Crippen molar-refractivity contribution in [3.8, 4) is 0 Å². The number of hydrogen-bond donors (Lipinski definition) is 3. The molecule has 0 aromatic carbocycles. The zero-order chi connectivity index (χ0) is 12.8. The number of nitrogens with one attached hydrogen (secondary N) is 2. The molecule has 4 N–H and O–H groups in total. The number of fused-ring (bicyclic) bond motifs is 1. The summed E-state index contributed by atoms with van der Waals surface area (Å²) in [4.78, 5) is 8.65. The minimum Gasteiger partial charge on any atom is -0.367 e. The van der Waals surface area contributed by atoms with Gasteiger partial charge < -0.3 is 15.1 Å². The first kappa shape index (κ1) is 13.0. The van der Waals surface area contributed by atoms with Gasteiger partial charge in [0.1, 0.15) is 0 Å². The number of hydrogen-bond acceptors (Lipinski definition) is 6. The number of aromatic nitrogens is 3. The number of nitrogens with zero attached hydrogens (tertiary/aromatic N) is 3. The minimum atomic E-state index is 0.618. The molecule has 2 heterocycles. The first-order chi connectivity index (χ1) is 8.85. The van der Waals surface area contributed by atoms with Gasteiger partial charge in [-0.15, -0.1) is 0 Å². The van der Waals surface area contributed by atoms with E-state index < -0.39 is 0 Å². The van der Waals surface area contributed by atoms with Gasteiger partial charge in [-0.1, -0.05) is 0 Å². The second-order valence-corrected chi connectivity index (χ2v) is 4.89. The van der Waals surface area contributed by atoms with Crippen molar-refractivity contribution >= 4 is 29.0 Å². The monoisotopic (exact) mass is 266 g/mol. The highest BCUT2D eigenvalue weighted by atomic mass is 32.2. The predicted molar refractivity (Wildman–Crippen MR) is 76.9 cm³/mol. The molecule has 2 aromatic rings. The van der Waals surface area contributed by atoms with E-state index in [9.17, 15) is 0 Å². The van der Waals surface area contributed by atoms with Gasteiger partial charge >= 0.3 is 0 Å². The maximum Gasteiger partial charge on any atom is 0.180 e. The molecule has 0 radical (unpaired) electrons. The van der Waals surface area contributed by atoms with E-state index in [0.717, 1.165) is 24.4 Å². The lowest BCUT2D eigenvalue weighted by Gasteiger charge is -2.09. The molecule has 0 fully saturated rings. The Morgan fingerprint density at radius 1 is 1.44 bits per heavy atom. The van der Waals surface area contributed by atoms with E-state index in [1.165, 1.54) is 12.2 Å². The van der Waals surface area contributed by atoms with Crippen molar-refractivity contribution in [3.05, 3.63) is 18.6 Å². The average Bonchev–Trinajstić information content (AvgIpc) is 2.86. The second kappa shape index (κ2) is 6.46. The molecule has 0 unspecified atom stereocenters. The lowest BCUT2D eigenvalue weighted by atomic mass is 10.3.